The van der Waals surface area contributed by atoms with Crippen molar-refractivity contribution in [2.45, 2.75) is 58.0 Å². The maximum Gasteiger partial charge on any atom is 0.274 e. The van der Waals surface area contributed by atoms with Gasteiger partial charge in [-0.05, 0) is 44.9 Å². The van der Waals surface area contributed by atoms with E-state index in [1.807, 2.05) is 13.8 Å². The minimum absolute atomic E-state index is 0.0110. The van der Waals surface area contributed by atoms with Crippen LogP contribution in [0.15, 0.2) is 36.7 Å². The van der Waals surface area contributed by atoms with Crippen LogP contribution in [0.25, 0.3) is 0 Å². The smallest absolute Gasteiger partial charge is 0.274 e. The minimum atomic E-state index is -0.186. The van der Waals surface area contributed by atoms with Crippen LogP contribution in [0, 0.1) is 0 Å². The van der Waals surface area contributed by atoms with Crippen molar-refractivity contribution in [3.05, 3.63) is 42.2 Å². The molecule has 9 heteroatoms. The van der Waals surface area contributed by atoms with E-state index in [4.69, 9.17) is 4.74 Å². The number of hydrogen-bond donors (Lipinski definition) is 2. The Morgan fingerprint density at radius 2 is 1.97 bits per heavy atom. The van der Waals surface area contributed by atoms with E-state index in [2.05, 4.69) is 27.2 Å². The molecule has 0 radical (unpaired) electrons. The molecule has 2 aromatic rings. The second kappa shape index (κ2) is 9.70. The van der Waals surface area contributed by atoms with E-state index < -0.39 is 0 Å². The molecule has 1 saturated carbocycles. The van der Waals surface area contributed by atoms with Gasteiger partial charge >= 0.3 is 0 Å². The van der Waals surface area contributed by atoms with Gasteiger partial charge in [0, 0.05) is 24.7 Å². The number of anilines is 4. The molecule has 2 amide bonds. The monoisotopic (exact) mass is 464 g/mol. The van der Waals surface area contributed by atoms with Gasteiger partial charge in [-0.25, -0.2) is 4.98 Å². The summed E-state index contributed by atoms with van der Waals surface area (Å²) in [5, 5.41) is 6.31. The fourth-order valence-corrected chi connectivity index (χ4v) is 4.50. The lowest BCUT2D eigenvalue weighted by molar-refractivity contribution is -0.115. The fraction of sp³-hybridized carbons (Fsp3) is 0.440. The predicted octanol–water partition coefficient (Wildman–Crippen LogP) is 4.00. The third-order valence-electron chi connectivity index (χ3n) is 6.35. The van der Waals surface area contributed by atoms with Crippen LogP contribution in [-0.4, -0.2) is 48.0 Å². The Balaban J connectivity index is 1.57. The van der Waals surface area contributed by atoms with Gasteiger partial charge in [0.1, 0.15) is 17.1 Å². The van der Waals surface area contributed by atoms with Crippen LogP contribution in [0.1, 0.15) is 56.3 Å². The average Bonchev–Trinajstić information content (AvgIpc) is 2.83. The Hall–Kier alpha value is -3.62. The van der Waals surface area contributed by atoms with Crippen molar-refractivity contribution in [2.75, 3.05) is 29.3 Å². The standard InChI is InChI=1S/C25H32N6O3/c1-15(2)31-16(3)24(33)30(4)20-14-26-25(29-22(20)31)28-19-12-11-17(13-21(19)34-5)23(32)27-18-9-7-6-8-10-18/h11-15,18H,3,6-10H2,1-2,4-5H3,(H,27,32)(H,26,28,29). The van der Waals surface area contributed by atoms with Crippen LogP contribution in [-0.2, 0) is 4.79 Å². The predicted molar refractivity (Wildman–Crippen MR) is 133 cm³/mol. The van der Waals surface area contributed by atoms with Crippen molar-refractivity contribution in [2.24, 2.45) is 0 Å². The Bertz CT molecular complexity index is 1110. The maximum atomic E-state index is 12.7. The Morgan fingerprint density at radius 3 is 2.65 bits per heavy atom. The molecule has 0 atom stereocenters. The van der Waals surface area contributed by atoms with Crippen LogP contribution in [0.3, 0.4) is 0 Å². The van der Waals surface area contributed by atoms with Crippen LogP contribution in [0.4, 0.5) is 23.1 Å². The Kier molecular flexibility index (Phi) is 6.72. The van der Waals surface area contributed by atoms with E-state index >= 15 is 0 Å². The second-order valence-electron chi connectivity index (χ2n) is 9.03. The zero-order valence-electron chi connectivity index (χ0n) is 20.2. The van der Waals surface area contributed by atoms with Crippen LogP contribution in [0.2, 0.25) is 0 Å². The Morgan fingerprint density at radius 1 is 1.24 bits per heavy atom. The van der Waals surface area contributed by atoms with Crippen molar-refractivity contribution in [3.8, 4) is 5.75 Å². The molecule has 0 saturated heterocycles. The second-order valence-corrected chi connectivity index (χ2v) is 9.03. The van der Waals surface area contributed by atoms with E-state index in [0.717, 1.165) is 25.7 Å². The molecule has 2 N–H and O–H groups in total. The van der Waals surface area contributed by atoms with Gasteiger partial charge in [-0.2, -0.15) is 4.98 Å². The first-order valence-electron chi connectivity index (χ1n) is 11.7. The number of nitrogens with zero attached hydrogens (tertiary/aromatic N) is 4. The van der Waals surface area contributed by atoms with E-state index in [1.165, 1.54) is 11.3 Å². The number of amides is 2. The number of benzene rings is 1. The lowest BCUT2D eigenvalue weighted by Gasteiger charge is -2.37. The van der Waals surface area contributed by atoms with Gasteiger partial charge in [-0.1, -0.05) is 25.8 Å². The summed E-state index contributed by atoms with van der Waals surface area (Å²) in [4.78, 5) is 37.7. The topological polar surface area (TPSA) is 99.7 Å². The van der Waals surface area contributed by atoms with Crippen molar-refractivity contribution < 1.29 is 14.3 Å². The third kappa shape index (κ3) is 4.55. The molecule has 1 fully saturated rings. The van der Waals surface area contributed by atoms with E-state index in [-0.39, 0.29) is 23.9 Å². The summed E-state index contributed by atoms with van der Waals surface area (Å²) in [6.07, 6.45) is 7.22. The molecule has 2 heterocycles. The Labute approximate surface area is 200 Å². The summed E-state index contributed by atoms with van der Waals surface area (Å²) < 4.78 is 5.54. The number of aromatic nitrogens is 2. The third-order valence-corrected chi connectivity index (χ3v) is 6.35. The van der Waals surface area contributed by atoms with Gasteiger partial charge in [-0.15, -0.1) is 0 Å². The highest BCUT2D eigenvalue weighted by Gasteiger charge is 2.34. The number of methoxy groups -OCH3 is 1. The molecule has 2 aliphatic rings. The fourth-order valence-electron chi connectivity index (χ4n) is 4.50. The lowest BCUT2D eigenvalue weighted by atomic mass is 9.95. The number of rotatable bonds is 6. The maximum absolute atomic E-state index is 12.7. The van der Waals surface area contributed by atoms with Crippen molar-refractivity contribution in [3.63, 3.8) is 0 Å². The highest BCUT2D eigenvalue weighted by Crippen LogP contribution is 2.37. The summed E-state index contributed by atoms with van der Waals surface area (Å²) in [7, 11) is 3.24. The van der Waals surface area contributed by atoms with Crippen LogP contribution in [0.5, 0.6) is 5.75 Å². The highest BCUT2D eigenvalue weighted by molar-refractivity contribution is 6.12. The zero-order valence-corrected chi connectivity index (χ0v) is 20.2. The number of likely N-dealkylation sites (N-methyl/N-ethyl adjacent to an activating group) is 1. The van der Waals surface area contributed by atoms with Crippen molar-refractivity contribution in [1.82, 2.24) is 15.3 Å². The molecule has 4 rings (SSSR count). The summed E-state index contributed by atoms with van der Waals surface area (Å²) in [5.74, 6) is 1.17. The molecule has 0 unspecified atom stereocenters. The van der Waals surface area contributed by atoms with E-state index in [0.29, 0.717) is 40.2 Å². The summed E-state index contributed by atoms with van der Waals surface area (Å²) in [6.45, 7) is 7.90. The van der Waals surface area contributed by atoms with Gasteiger partial charge in [0.25, 0.3) is 11.8 Å². The summed E-state index contributed by atoms with van der Waals surface area (Å²) >= 11 is 0. The average molecular weight is 465 g/mol. The van der Waals surface area contributed by atoms with Gasteiger partial charge < -0.3 is 25.2 Å². The number of nitrogens with one attached hydrogen (secondary N) is 2. The first-order chi connectivity index (χ1) is 16.3. The molecule has 1 aromatic heterocycles. The molecule has 0 spiro atoms. The number of ether oxygens (including phenoxy) is 1. The molecular weight excluding hydrogens is 432 g/mol. The van der Waals surface area contributed by atoms with Gasteiger partial charge in [0.2, 0.25) is 5.95 Å². The van der Waals surface area contributed by atoms with Crippen molar-refractivity contribution >= 4 is 35.0 Å². The minimum Gasteiger partial charge on any atom is -0.495 e. The molecule has 180 valence electrons. The number of fused-ring (bicyclic) bond motifs is 1. The largest absolute Gasteiger partial charge is 0.495 e. The molecule has 1 aliphatic carbocycles. The molecular formula is C25H32N6O3. The number of hydrogen-bond acceptors (Lipinski definition) is 7. The SMILES string of the molecule is C=C1C(=O)N(C)c2cnc(Nc3ccc(C(=O)NC4CCCCC4)cc3OC)nc2N1C(C)C. The highest BCUT2D eigenvalue weighted by atomic mass is 16.5. The lowest BCUT2D eigenvalue weighted by Crippen LogP contribution is -2.45. The normalized spacial score (nSPS) is 16.5. The first kappa shape index (κ1) is 23.5. The number of carbonyl (C=O) groups excluding carboxylic acids is 2. The van der Waals surface area contributed by atoms with Gasteiger partial charge in [0.05, 0.1) is 19.0 Å². The molecule has 1 aliphatic heterocycles. The first-order valence-corrected chi connectivity index (χ1v) is 11.7. The molecule has 34 heavy (non-hydrogen) atoms. The van der Waals surface area contributed by atoms with Crippen LogP contribution >= 0.6 is 0 Å². The quantitative estimate of drug-likeness (QED) is 0.624. The molecule has 9 nitrogen and oxygen atoms in total. The molecule has 1 aromatic carbocycles. The number of carbonyl (C=O) groups is 2. The summed E-state index contributed by atoms with van der Waals surface area (Å²) in [6, 6.07) is 5.48. The zero-order chi connectivity index (χ0) is 24.4. The van der Waals surface area contributed by atoms with E-state index in [9.17, 15) is 9.59 Å². The van der Waals surface area contributed by atoms with E-state index in [1.54, 1.807) is 43.5 Å². The van der Waals surface area contributed by atoms with Gasteiger partial charge in [0.15, 0.2) is 5.82 Å². The molecule has 0 bridgehead atoms. The summed E-state index contributed by atoms with van der Waals surface area (Å²) in [5.41, 5.74) is 2.15. The van der Waals surface area contributed by atoms with Gasteiger partial charge in [-0.3, -0.25) is 9.59 Å². The van der Waals surface area contributed by atoms with Crippen molar-refractivity contribution in [1.29, 1.82) is 0 Å². The van der Waals surface area contributed by atoms with Crippen LogP contribution < -0.4 is 25.2 Å².